The number of pyridine rings is 1. The maximum Gasteiger partial charge on any atom is 0.255 e. The lowest BCUT2D eigenvalue weighted by Crippen LogP contribution is -2.38. The maximum absolute atomic E-state index is 13.9. The molecule has 2 aromatic heterocycles. The van der Waals surface area contributed by atoms with Crippen LogP contribution in [0.4, 0.5) is 4.39 Å². The highest BCUT2D eigenvalue weighted by molar-refractivity contribution is 6.37. The van der Waals surface area contributed by atoms with E-state index in [1.165, 1.54) is 29.3 Å². The number of amides is 1. The Bertz CT molecular complexity index is 1040. The van der Waals surface area contributed by atoms with E-state index in [9.17, 15) is 14.3 Å². The van der Waals surface area contributed by atoms with E-state index in [0.29, 0.717) is 30.4 Å². The number of benzene rings is 1. The van der Waals surface area contributed by atoms with Gasteiger partial charge >= 0.3 is 0 Å². The van der Waals surface area contributed by atoms with Crippen LogP contribution in [0.2, 0.25) is 10.0 Å². The first-order chi connectivity index (χ1) is 13.0. The molecule has 4 rings (SSSR count). The topological polar surface area (TPSA) is 84.1 Å². The van der Waals surface area contributed by atoms with E-state index >= 15 is 0 Å². The summed E-state index contributed by atoms with van der Waals surface area (Å²) >= 11 is 11.6. The van der Waals surface area contributed by atoms with E-state index in [1.807, 2.05) is 4.57 Å². The second-order valence-electron chi connectivity index (χ2n) is 5.94. The lowest BCUT2D eigenvalue weighted by molar-refractivity contribution is 0.0707. The molecule has 0 saturated carbocycles. The van der Waals surface area contributed by atoms with Crippen LogP contribution in [0.25, 0.3) is 11.5 Å². The zero-order chi connectivity index (χ0) is 19.1. The molecule has 138 valence electrons. The molecule has 1 aliphatic heterocycles. The summed E-state index contributed by atoms with van der Waals surface area (Å²) in [6.45, 7) is 1.01. The molecule has 0 fully saturated rings. The molecule has 7 nitrogen and oxygen atoms in total. The third kappa shape index (κ3) is 3.11. The predicted molar refractivity (Wildman–Crippen MR) is 96.1 cm³/mol. The van der Waals surface area contributed by atoms with Crippen LogP contribution in [0.3, 0.4) is 0 Å². The van der Waals surface area contributed by atoms with Crippen molar-refractivity contribution in [2.75, 3.05) is 6.54 Å². The van der Waals surface area contributed by atoms with Crippen molar-refractivity contribution in [3.63, 3.8) is 0 Å². The summed E-state index contributed by atoms with van der Waals surface area (Å²) < 4.78 is 15.7. The zero-order valence-corrected chi connectivity index (χ0v) is 15.2. The van der Waals surface area contributed by atoms with Crippen LogP contribution < -0.4 is 0 Å². The SMILES string of the molecule is O=C(c1ccc(Cl)c(F)c1Cl)N1CCn2c(nnc2-c2ccc(O)cn2)C1. The fourth-order valence-electron chi connectivity index (χ4n) is 2.90. The van der Waals surface area contributed by atoms with E-state index in [0.717, 1.165) is 0 Å². The molecule has 10 heteroatoms. The Balaban J connectivity index is 1.60. The number of carbonyl (C=O) groups excluding carboxylic acids is 1. The van der Waals surface area contributed by atoms with Gasteiger partial charge in [0.1, 0.15) is 11.4 Å². The third-order valence-corrected chi connectivity index (χ3v) is 4.94. The molecule has 0 atom stereocenters. The van der Waals surface area contributed by atoms with E-state index in [-0.39, 0.29) is 27.9 Å². The number of carbonyl (C=O) groups is 1. The van der Waals surface area contributed by atoms with Gasteiger partial charge in [0.15, 0.2) is 17.5 Å². The van der Waals surface area contributed by atoms with Crippen LogP contribution in [-0.4, -0.2) is 42.2 Å². The van der Waals surface area contributed by atoms with Crippen LogP contribution in [-0.2, 0) is 13.1 Å². The standard InChI is InChI=1S/C17H12Cl2FN5O2/c18-11-3-2-10(14(19)15(11)20)17(27)24-5-6-25-13(8-24)22-23-16(25)12-4-1-9(26)7-21-12/h1-4,7,26H,5-6,8H2. The summed E-state index contributed by atoms with van der Waals surface area (Å²) in [5.74, 6) is -0.0437. The number of fused-ring (bicyclic) bond motifs is 1. The van der Waals surface area contributed by atoms with Gasteiger partial charge in [-0.05, 0) is 24.3 Å². The highest BCUT2D eigenvalue weighted by Crippen LogP contribution is 2.29. The van der Waals surface area contributed by atoms with Gasteiger partial charge in [-0.3, -0.25) is 4.79 Å². The molecule has 0 radical (unpaired) electrons. The van der Waals surface area contributed by atoms with Gasteiger partial charge in [0.05, 0.1) is 28.4 Å². The minimum Gasteiger partial charge on any atom is -0.506 e. The number of hydrogen-bond acceptors (Lipinski definition) is 5. The van der Waals surface area contributed by atoms with Crippen molar-refractivity contribution in [2.24, 2.45) is 0 Å². The van der Waals surface area contributed by atoms with Crippen LogP contribution in [0.1, 0.15) is 16.2 Å². The van der Waals surface area contributed by atoms with Gasteiger partial charge in [-0.2, -0.15) is 0 Å². The molecule has 1 aromatic carbocycles. The van der Waals surface area contributed by atoms with Gasteiger partial charge in [0.2, 0.25) is 0 Å². The average Bonchev–Trinajstić information content (AvgIpc) is 3.09. The highest BCUT2D eigenvalue weighted by atomic mass is 35.5. The fourth-order valence-corrected chi connectivity index (χ4v) is 3.35. The van der Waals surface area contributed by atoms with E-state index in [2.05, 4.69) is 15.2 Å². The quantitative estimate of drug-likeness (QED) is 0.659. The molecular weight excluding hydrogens is 396 g/mol. The second kappa shape index (κ2) is 6.79. The molecule has 1 amide bonds. The summed E-state index contributed by atoms with van der Waals surface area (Å²) in [6, 6.07) is 5.86. The van der Waals surface area contributed by atoms with Crippen LogP contribution >= 0.6 is 23.2 Å². The minimum atomic E-state index is -0.815. The van der Waals surface area contributed by atoms with Crippen molar-refractivity contribution < 1.29 is 14.3 Å². The van der Waals surface area contributed by atoms with Gasteiger partial charge in [0.25, 0.3) is 5.91 Å². The van der Waals surface area contributed by atoms with E-state index in [4.69, 9.17) is 23.2 Å². The number of aromatic hydroxyl groups is 1. The molecule has 3 heterocycles. The third-order valence-electron chi connectivity index (χ3n) is 4.28. The zero-order valence-electron chi connectivity index (χ0n) is 13.7. The van der Waals surface area contributed by atoms with Crippen LogP contribution in [0.15, 0.2) is 30.5 Å². The van der Waals surface area contributed by atoms with Gasteiger partial charge in [-0.1, -0.05) is 23.2 Å². The first-order valence-corrected chi connectivity index (χ1v) is 8.71. The summed E-state index contributed by atoms with van der Waals surface area (Å²) in [4.78, 5) is 18.4. The van der Waals surface area contributed by atoms with Crippen molar-refractivity contribution >= 4 is 29.1 Å². The number of aromatic nitrogens is 4. The van der Waals surface area contributed by atoms with E-state index in [1.54, 1.807) is 6.07 Å². The number of hydrogen-bond donors (Lipinski definition) is 1. The Hall–Kier alpha value is -2.71. The molecule has 1 aliphatic rings. The normalized spacial score (nSPS) is 13.5. The summed E-state index contributed by atoms with van der Waals surface area (Å²) in [7, 11) is 0. The molecule has 27 heavy (non-hydrogen) atoms. The molecule has 0 bridgehead atoms. The van der Waals surface area contributed by atoms with Crippen LogP contribution in [0, 0.1) is 5.82 Å². The smallest absolute Gasteiger partial charge is 0.255 e. The van der Waals surface area contributed by atoms with Crippen molar-refractivity contribution in [3.8, 4) is 17.3 Å². The monoisotopic (exact) mass is 407 g/mol. The first-order valence-electron chi connectivity index (χ1n) is 7.96. The predicted octanol–water partition coefficient (Wildman–Crippen LogP) is 3.15. The van der Waals surface area contributed by atoms with Crippen LogP contribution in [0.5, 0.6) is 5.75 Å². The van der Waals surface area contributed by atoms with Crippen molar-refractivity contribution in [1.82, 2.24) is 24.6 Å². The van der Waals surface area contributed by atoms with Crippen molar-refractivity contribution in [3.05, 3.63) is 57.7 Å². The van der Waals surface area contributed by atoms with E-state index < -0.39 is 11.7 Å². The van der Waals surface area contributed by atoms with Crippen molar-refractivity contribution in [2.45, 2.75) is 13.1 Å². The summed E-state index contributed by atoms with van der Waals surface area (Å²) in [5.41, 5.74) is 0.612. The first kappa shape index (κ1) is 17.7. The molecule has 3 aromatic rings. The highest BCUT2D eigenvalue weighted by Gasteiger charge is 2.28. The molecule has 0 saturated heterocycles. The number of rotatable bonds is 2. The Morgan fingerprint density at radius 1 is 1.15 bits per heavy atom. The summed E-state index contributed by atoms with van der Waals surface area (Å²) in [6.07, 6.45) is 1.33. The number of halogens is 3. The average molecular weight is 408 g/mol. The Kier molecular flexibility index (Phi) is 4.45. The van der Waals surface area contributed by atoms with Gasteiger partial charge in [-0.25, -0.2) is 9.37 Å². The molecule has 0 aliphatic carbocycles. The Labute approximate surface area is 163 Å². The Morgan fingerprint density at radius 2 is 1.96 bits per heavy atom. The molecule has 0 unspecified atom stereocenters. The molecule has 0 spiro atoms. The summed E-state index contributed by atoms with van der Waals surface area (Å²) in [5, 5.41) is 17.2. The minimum absolute atomic E-state index is 0.0481. The Morgan fingerprint density at radius 3 is 2.70 bits per heavy atom. The largest absolute Gasteiger partial charge is 0.506 e. The van der Waals surface area contributed by atoms with Crippen molar-refractivity contribution in [1.29, 1.82) is 0 Å². The van der Waals surface area contributed by atoms with Gasteiger partial charge in [0, 0.05) is 13.1 Å². The maximum atomic E-state index is 13.9. The lowest BCUT2D eigenvalue weighted by Gasteiger charge is -2.28. The second-order valence-corrected chi connectivity index (χ2v) is 6.73. The van der Waals surface area contributed by atoms with Gasteiger partial charge < -0.3 is 14.6 Å². The number of nitrogens with zero attached hydrogens (tertiary/aromatic N) is 5. The molecule has 1 N–H and O–H groups in total. The fraction of sp³-hybridized carbons (Fsp3) is 0.176. The lowest BCUT2D eigenvalue weighted by atomic mass is 10.1. The van der Waals surface area contributed by atoms with Gasteiger partial charge in [-0.15, -0.1) is 10.2 Å². The molecular formula is C17H12Cl2FN5O2.